The number of benzene rings is 1. The molecule has 0 spiro atoms. The highest BCUT2D eigenvalue weighted by atomic mass is 16.2. The molecule has 3 N–H and O–H groups in total. The summed E-state index contributed by atoms with van der Waals surface area (Å²) in [5, 5.41) is 0.949. The lowest BCUT2D eigenvalue weighted by molar-refractivity contribution is 1.04. The molecule has 2 heterocycles. The zero-order valence-corrected chi connectivity index (χ0v) is 8.78. The van der Waals surface area contributed by atoms with E-state index in [1.165, 1.54) is 6.20 Å². The molecule has 17 heavy (non-hydrogen) atoms. The maximum absolute atomic E-state index is 11.7. The summed E-state index contributed by atoms with van der Waals surface area (Å²) >= 11 is 0. The number of aromatic nitrogens is 3. The average molecular weight is 227 g/mol. The van der Waals surface area contributed by atoms with Crippen molar-refractivity contribution < 1.29 is 0 Å². The van der Waals surface area contributed by atoms with Gasteiger partial charge in [0, 0.05) is 23.3 Å². The van der Waals surface area contributed by atoms with Crippen LogP contribution in [0.1, 0.15) is 0 Å². The predicted molar refractivity (Wildman–Crippen MR) is 65.0 cm³/mol. The van der Waals surface area contributed by atoms with Gasteiger partial charge in [-0.15, -0.1) is 0 Å². The fourth-order valence-corrected chi connectivity index (χ4v) is 1.93. The summed E-state index contributed by atoms with van der Waals surface area (Å²) in [6.45, 7) is 0. The van der Waals surface area contributed by atoms with Crippen LogP contribution in [0.25, 0.3) is 22.0 Å². The van der Waals surface area contributed by atoms with E-state index in [0.29, 0.717) is 5.56 Å². The molecule has 84 valence electrons. The molecule has 0 aliphatic carbocycles. The van der Waals surface area contributed by atoms with Gasteiger partial charge >= 0.3 is 5.69 Å². The molecule has 0 aliphatic heterocycles. The predicted octanol–water partition coefficient (Wildman–Crippen LogP) is 1.21. The summed E-state index contributed by atoms with van der Waals surface area (Å²) in [6, 6.07) is 7.53. The van der Waals surface area contributed by atoms with Crippen LogP contribution in [0.5, 0.6) is 0 Å². The number of hydrogen-bond donors (Lipinski definition) is 3. The molecule has 0 unspecified atom stereocenters. The van der Waals surface area contributed by atoms with Crippen molar-refractivity contribution in [2.45, 2.75) is 0 Å². The van der Waals surface area contributed by atoms with Gasteiger partial charge in [0.05, 0.1) is 5.56 Å². The molecule has 0 saturated carbocycles. The van der Waals surface area contributed by atoms with Crippen molar-refractivity contribution in [1.29, 1.82) is 0 Å². The van der Waals surface area contributed by atoms with Crippen LogP contribution in [0.3, 0.4) is 0 Å². The Morgan fingerprint density at radius 2 is 1.82 bits per heavy atom. The van der Waals surface area contributed by atoms with E-state index < -0.39 is 5.69 Å². The molecule has 2 aromatic heterocycles. The van der Waals surface area contributed by atoms with Crippen LogP contribution < -0.4 is 11.2 Å². The lowest BCUT2D eigenvalue weighted by atomic mass is 10.0. The second-order valence-corrected chi connectivity index (χ2v) is 3.73. The monoisotopic (exact) mass is 227 g/mol. The molecule has 5 heteroatoms. The van der Waals surface area contributed by atoms with Gasteiger partial charge in [-0.3, -0.25) is 9.78 Å². The minimum atomic E-state index is -0.500. The van der Waals surface area contributed by atoms with Gasteiger partial charge < -0.3 is 9.97 Å². The average Bonchev–Trinajstić information content (AvgIpc) is 2.77. The highest BCUT2D eigenvalue weighted by Crippen LogP contribution is 2.24. The lowest BCUT2D eigenvalue weighted by Crippen LogP contribution is -2.22. The first-order valence-electron chi connectivity index (χ1n) is 5.14. The number of fused-ring (bicyclic) bond motifs is 1. The van der Waals surface area contributed by atoms with Crippen LogP contribution in [0.15, 0.2) is 46.2 Å². The third-order valence-electron chi connectivity index (χ3n) is 2.70. The topological polar surface area (TPSA) is 81.5 Å². The van der Waals surface area contributed by atoms with Crippen molar-refractivity contribution in [3.63, 3.8) is 0 Å². The van der Waals surface area contributed by atoms with Gasteiger partial charge in [0.15, 0.2) is 0 Å². The lowest BCUT2D eigenvalue weighted by Gasteiger charge is -2.01. The second kappa shape index (κ2) is 3.48. The molecule has 0 aliphatic rings. The molecule has 5 nitrogen and oxygen atoms in total. The van der Waals surface area contributed by atoms with Crippen LogP contribution in [0.2, 0.25) is 0 Å². The van der Waals surface area contributed by atoms with Gasteiger partial charge in [0.25, 0.3) is 5.56 Å². The van der Waals surface area contributed by atoms with Crippen LogP contribution in [-0.4, -0.2) is 15.0 Å². The van der Waals surface area contributed by atoms with E-state index in [9.17, 15) is 9.59 Å². The second-order valence-electron chi connectivity index (χ2n) is 3.73. The fraction of sp³-hybridized carbons (Fsp3) is 0. The fourth-order valence-electron chi connectivity index (χ4n) is 1.93. The molecule has 0 saturated heterocycles. The van der Waals surface area contributed by atoms with Crippen LogP contribution in [-0.2, 0) is 0 Å². The molecular formula is C12H9N3O2. The van der Waals surface area contributed by atoms with Gasteiger partial charge in [-0.2, -0.15) is 0 Å². The Labute approximate surface area is 95.1 Å². The number of nitrogens with one attached hydrogen (secondary N) is 3. The van der Waals surface area contributed by atoms with Crippen LogP contribution in [0.4, 0.5) is 0 Å². The number of aromatic amines is 3. The van der Waals surface area contributed by atoms with Gasteiger partial charge in [0.1, 0.15) is 0 Å². The Bertz CT molecular complexity index is 795. The minimum absolute atomic E-state index is 0.387. The van der Waals surface area contributed by atoms with Crippen molar-refractivity contribution in [3.8, 4) is 11.1 Å². The van der Waals surface area contributed by atoms with E-state index in [1.807, 2.05) is 30.5 Å². The van der Waals surface area contributed by atoms with E-state index in [1.54, 1.807) is 0 Å². The van der Waals surface area contributed by atoms with E-state index in [4.69, 9.17) is 0 Å². The van der Waals surface area contributed by atoms with Gasteiger partial charge in [-0.05, 0) is 17.7 Å². The zero-order chi connectivity index (χ0) is 11.8. The maximum atomic E-state index is 11.7. The first-order valence-corrected chi connectivity index (χ1v) is 5.14. The van der Waals surface area contributed by atoms with Gasteiger partial charge in [-0.25, -0.2) is 4.79 Å². The third kappa shape index (κ3) is 1.48. The summed E-state index contributed by atoms with van der Waals surface area (Å²) in [5.74, 6) is 0. The van der Waals surface area contributed by atoms with Crippen molar-refractivity contribution >= 4 is 10.9 Å². The van der Waals surface area contributed by atoms with E-state index in [-0.39, 0.29) is 5.56 Å². The molecule has 3 aromatic rings. The summed E-state index contributed by atoms with van der Waals surface area (Å²) in [6.07, 6.45) is 3.25. The summed E-state index contributed by atoms with van der Waals surface area (Å²) in [7, 11) is 0. The van der Waals surface area contributed by atoms with Crippen LogP contribution in [0, 0.1) is 0 Å². The molecule has 3 rings (SSSR count). The van der Waals surface area contributed by atoms with Gasteiger partial charge in [-0.1, -0.05) is 12.1 Å². The zero-order valence-electron chi connectivity index (χ0n) is 8.78. The highest BCUT2D eigenvalue weighted by Gasteiger charge is 2.07. The largest absolute Gasteiger partial charge is 0.361 e. The first-order chi connectivity index (χ1) is 8.25. The normalized spacial score (nSPS) is 10.8. The third-order valence-corrected chi connectivity index (χ3v) is 2.70. The molecule has 0 amide bonds. The molecule has 0 fully saturated rings. The Morgan fingerprint density at radius 3 is 2.65 bits per heavy atom. The summed E-state index contributed by atoms with van der Waals surface area (Å²) in [4.78, 5) is 30.5. The number of H-pyrrole nitrogens is 3. The number of rotatable bonds is 1. The van der Waals surface area contributed by atoms with Crippen molar-refractivity contribution in [2.24, 2.45) is 0 Å². The number of hydrogen-bond acceptors (Lipinski definition) is 2. The Morgan fingerprint density at radius 1 is 0.941 bits per heavy atom. The smallest absolute Gasteiger partial charge is 0.325 e. The van der Waals surface area contributed by atoms with Crippen molar-refractivity contribution in [3.05, 3.63) is 57.5 Å². The van der Waals surface area contributed by atoms with Crippen molar-refractivity contribution in [2.75, 3.05) is 0 Å². The maximum Gasteiger partial charge on any atom is 0.325 e. The molecule has 1 aromatic carbocycles. The molecular weight excluding hydrogens is 218 g/mol. The van der Waals surface area contributed by atoms with E-state index in [2.05, 4.69) is 15.0 Å². The van der Waals surface area contributed by atoms with Crippen LogP contribution >= 0.6 is 0 Å². The Hall–Kier alpha value is -2.56. The molecule has 0 bridgehead atoms. The van der Waals surface area contributed by atoms with Crippen molar-refractivity contribution in [1.82, 2.24) is 15.0 Å². The Balaban J connectivity index is 2.38. The first kappa shape index (κ1) is 9.65. The van der Waals surface area contributed by atoms with Gasteiger partial charge in [0.2, 0.25) is 0 Å². The summed E-state index contributed by atoms with van der Waals surface area (Å²) < 4.78 is 0. The van der Waals surface area contributed by atoms with E-state index >= 15 is 0 Å². The standard InChI is InChI=1S/C12H9N3O2/c16-11-9(6-14-12(17)15-11)7-2-1-3-10-8(7)4-5-13-10/h1-6,13H,(H2,14,15,16,17). The molecule has 0 radical (unpaired) electrons. The minimum Gasteiger partial charge on any atom is -0.361 e. The summed E-state index contributed by atoms with van der Waals surface area (Å²) in [5.41, 5.74) is 1.31. The van der Waals surface area contributed by atoms with E-state index in [0.717, 1.165) is 16.5 Å². The molecule has 0 atom stereocenters. The SMILES string of the molecule is O=c1[nH]cc(-c2cccc3[nH]ccc23)c(=O)[nH]1. The highest BCUT2D eigenvalue weighted by molar-refractivity contribution is 5.94. The Kier molecular flexibility index (Phi) is 1.98. The quantitative estimate of drug-likeness (QED) is 0.584.